The van der Waals surface area contributed by atoms with E-state index in [0.717, 1.165) is 12.8 Å². The number of nitrogens with zero attached hydrogens (tertiary/aromatic N) is 1. The van der Waals surface area contributed by atoms with Crippen LogP contribution in [0.15, 0.2) is 48.5 Å². The first kappa shape index (κ1) is 24.8. The van der Waals surface area contributed by atoms with E-state index in [9.17, 15) is 14.4 Å². The fourth-order valence-corrected chi connectivity index (χ4v) is 5.34. The fourth-order valence-electron chi connectivity index (χ4n) is 5.34. The molecule has 0 atom stereocenters. The largest absolute Gasteiger partial charge is 0.481 e. The molecule has 7 heteroatoms. The molecule has 186 valence electrons. The summed E-state index contributed by atoms with van der Waals surface area (Å²) >= 11 is 0. The molecule has 7 nitrogen and oxygen atoms in total. The van der Waals surface area contributed by atoms with Gasteiger partial charge in [-0.1, -0.05) is 48.5 Å². The van der Waals surface area contributed by atoms with E-state index >= 15 is 0 Å². The van der Waals surface area contributed by atoms with Gasteiger partial charge in [-0.15, -0.1) is 0 Å². The Bertz CT molecular complexity index is 1030. The summed E-state index contributed by atoms with van der Waals surface area (Å²) in [4.78, 5) is 37.5. The number of alkyl carbamates (subject to hydrolysis) is 1. The predicted octanol–water partition coefficient (Wildman–Crippen LogP) is 4.65. The van der Waals surface area contributed by atoms with Gasteiger partial charge in [-0.25, -0.2) is 4.79 Å². The van der Waals surface area contributed by atoms with Crippen molar-refractivity contribution in [2.45, 2.75) is 51.5 Å². The van der Waals surface area contributed by atoms with Crippen LogP contribution in [0.2, 0.25) is 0 Å². The molecule has 0 radical (unpaired) electrons. The average Bonchev–Trinajstić information content (AvgIpc) is 3.12. The second-order valence-electron chi connectivity index (χ2n) is 9.94. The fraction of sp³-hybridized carbons (Fsp3) is 0.464. The minimum absolute atomic E-state index is 0.00851. The Kier molecular flexibility index (Phi) is 7.73. The minimum atomic E-state index is -0.897. The molecule has 0 unspecified atom stereocenters. The van der Waals surface area contributed by atoms with Gasteiger partial charge in [-0.05, 0) is 60.8 Å². The zero-order valence-electron chi connectivity index (χ0n) is 20.4. The van der Waals surface area contributed by atoms with Gasteiger partial charge >= 0.3 is 12.1 Å². The van der Waals surface area contributed by atoms with Crippen molar-refractivity contribution >= 4 is 18.0 Å². The van der Waals surface area contributed by atoms with Crippen LogP contribution < -0.4 is 5.32 Å². The number of carboxylic acid groups (broad SMARTS) is 1. The first-order chi connectivity index (χ1) is 16.8. The molecule has 2 aromatic rings. The molecular weight excluding hydrogens is 444 g/mol. The van der Waals surface area contributed by atoms with Crippen molar-refractivity contribution in [2.24, 2.45) is 11.8 Å². The Balaban J connectivity index is 1.19. The number of fused-ring (bicyclic) bond motifs is 3. The summed E-state index contributed by atoms with van der Waals surface area (Å²) in [6.07, 6.45) is 1.73. The lowest BCUT2D eigenvalue weighted by molar-refractivity contribution is -0.139. The number of ether oxygens (including phenoxy) is 1. The van der Waals surface area contributed by atoms with Gasteiger partial charge in [0.15, 0.2) is 0 Å². The van der Waals surface area contributed by atoms with E-state index < -0.39 is 12.1 Å². The van der Waals surface area contributed by atoms with Gasteiger partial charge < -0.3 is 20.1 Å². The summed E-state index contributed by atoms with van der Waals surface area (Å²) in [7, 11) is 0. The lowest BCUT2D eigenvalue weighted by atomic mass is 9.73. The first-order valence-electron chi connectivity index (χ1n) is 12.4. The van der Waals surface area contributed by atoms with Crippen LogP contribution in [0.4, 0.5) is 4.79 Å². The van der Waals surface area contributed by atoms with Crippen molar-refractivity contribution in [1.29, 1.82) is 0 Å². The zero-order valence-corrected chi connectivity index (χ0v) is 20.4. The maximum Gasteiger partial charge on any atom is 0.407 e. The number of carbonyl (C=O) groups excluding carboxylic acids is 2. The Morgan fingerprint density at radius 2 is 1.60 bits per heavy atom. The van der Waals surface area contributed by atoms with E-state index in [4.69, 9.17) is 9.84 Å². The van der Waals surface area contributed by atoms with Crippen molar-refractivity contribution in [1.82, 2.24) is 10.2 Å². The van der Waals surface area contributed by atoms with Gasteiger partial charge in [-0.2, -0.15) is 0 Å². The highest BCUT2D eigenvalue weighted by atomic mass is 16.5. The molecular formula is C28H34N2O5. The number of nitrogens with one attached hydrogen (secondary N) is 1. The third kappa shape index (κ3) is 5.84. The number of hydrogen-bond acceptors (Lipinski definition) is 4. The van der Waals surface area contributed by atoms with Crippen molar-refractivity contribution < 1.29 is 24.2 Å². The Hall–Kier alpha value is -3.35. The number of aliphatic carboxylic acids is 1. The van der Waals surface area contributed by atoms with Crippen LogP contribution in [0.25, 0.3) is 11.1 Å². The van der Waals surface area contributed by atoms with Gasteiger partial charge in [0, 0.05) is 31.5 Å². The Labute approximate surface area is 206 Å². The molecule has 0 bridgehead atoms. The Morgan fingerprint density at radius 3 is 2.17 bits per heavy atom. The van der Waals surface area contributed by atoms with Crippen LogP contribution in [0.3, 0.4) is 0 Å². The van der Waals surface area contributed by atoms with Crippen molar-refractivity contribution in [3.63, 3.8) is 0 Å². The number of amides is 2. The number of carboxylic acids is 1. The van der Waals surface area contributed by atoms with E-state index in [2.05, 4.69) is 29.6 Å². The van der Waals surface area contributed by atoms with Crippen LogP contribution >= 0.6 is 0 Å². The van der Waals surface area contributed by atoms with E-state index in [1.165, 1.54) is 22.3 Å². The van der Waals surface area contributed by atoms with Crippen LogP contribution in [0.5, 0.6) is 0 Å². The SMILES string of the molecule is CC(C)N(CCC(=O)O)C(=O)CC1CC(CNC(=O)OCC2c3ccccc3-c3ccccc32)C1. The summed E-state index contributed by atoms with van der Waals surface area (Å²) in [5, 5.41) is 11.8. The molecule has 1 fully saturated rings. The van der Waals surface area contributed by atoms with Crippen molar-refractivity contribution in [3.8, 4) is 11.1 Å². The third-order valence-electron chi connectivity index (χ3n) is 7.19. The maximum absolute atomic E-state index is 12.6. The smallest absolute Gasteiger partial charge is 0.407 e. The molecule has 0 saturated heterocycles. The molecule has 2 aliphatic carbocycles. The molecule has 0 spiro atoms. The predicted molar refractivity (Wildman–Crippen MR) is 133 cm³/mol. The summed E-state index contributed by atoms with van der Waals surface area (Å²) in [5.41, 5.74) is 4.77. The molecule has 0 heterocycles. The van der Waals surface area contributed by atoms with Gasteiger partial charge in [0.05, 0.1) is 6.42 Å². The number of benzene rings is 2. The maximum atomic E-state index is 12.6. The summed E-state index contributed by atoms with van der Waals surface area (Å²) in [6.45, 7) is 4.88. The van der Waals surface area contributed by atoms with Crippen LogP contribution in [0.1, 0.15) is 56.6 Å². The lowest BCUT2D eigenvalue weighted by Gasteiger charge is -2.37. The van der Waals surface area contributed by atoms with Crippen LogP contribution in [-0.4, -0.2) is 53.7 Å². The normalized spacial score (nSPS) is 18.4. The topological polar surface area (TPSA) is 95.9 Å². The van der Waals surface area contributed by atoms with E-state index in [-0.39, 0.29) is 36.8 Å². The van der Waals surface area contributed by atoms with Gasteiger partial charge in [0.25, 0.3) is 0 Å². The van der Waals surface area contributed by atoms with E-state index in [1.807, 2.05) is 38.1 Å². The molecule has 0 aliphatic heterocycles. The molecule has 4 rings (SSSR count). The third-order valence-corrected chi connectivity index (χ3v) is 7.19. The standard InChI is InChI=1S/C28H34N2O5/c1-18(2)30(12-11-27(32)33)26(31)15-19-13-20(14-19)16-29-28(34)35-17-25-23-9-5-3-7-21(23)22-8-4-6-10-24(22)25/h3-10,18-20,25H,11-17H2,1-2H3,(H,29,34)(H,32,33). The van der Waals surface area contributed by atoms with E-state index in [1.54, 1.807) is 4.90 Å². The van der Waals surface area contributed by atoms with E-state index in [0.29, 0.717) is 25.5 Å². The highest BCUT2D eigenvalue weighted by Gasteiger charge is 2.33. The quantitative estimate of drug-likeness (QED) is 0.518. The van der Waals surface area contributed by atoms with Gasteiger partial charge in [0.1, 0.15) is 6.61 Å². The summed E-state index contributed by atoms with van der Waals surface area (Å²) < 4.78 is 5.60. The number of hydrogen-bond donors (Lipinski definition) is 2. The van der Waals surface area contributed by atoms with Crippen LogP contribution in [-0.2, 0) is 14.3 Å². The molecule has 2 N–H and O–H groups in total. The van der Waals surface area contributed by atoms with Gasteiger partial charge in [0.2, 0.25) is 5.91 Å². The number of carbonyl (C=O) groups is 3. The highest BCUT2D eigenvalue weighted by molar-refractivity contribution is 5.79. The van der Waals surface area contributed by atoms with Crippen molar-refractivity contribution in [2.75, 3.05) is 19.7 Å². The first-order valence-corrected chi connectivity index (χ1v) is 12.4. The van der Waals surface area contributed by atoms with Gasteiger partial charge in [-0.3, -0.25) is 9.59 Å². The monoisotopic (exact) mass is 478 g/mol. The lowest BCUT2D eigenvalue weighted by Crippen LogP contribution is -2.42. The van der Waals surface area contributed by atoms with Crippen molar-refractivity contribution in [3.05, 3.63) is 59.7 Å². The zero-order chi connectivity index (χ0) is 24.9. The Morgan fingerprint density at radius 1 is 1.00 bits per heavy atom. The summed E-state index contributed by atoms with van der Waals surface area (Å²) in [6, 6.07) is 16.5. The molecule has 2 amide bonds. The number of rotatable bonds is 10. The molecule has 2 aliphatic rings. The second-order valence-corrected chi connectivity index (χ2v) is 9.94. The van der Waals surface area contributed by atoms with Crippen LogP contribution in [0, 0.1) is 11.8 Å². The minimum Gasteiger partial charge on any atom is -0.481 e. The average molecular weight is 479 g/mol. The second kappa shape index (κ2) is 10.9. The molecule has 35 heavy (non-hydrogen) atoms. The molecule has 0 aromatic heterocycles. The molecule has 2 aromatic carbocycles. The molecule has 1 saturated carbocycles. The highest BCUT2D eigenvalue weighted by Crippen LogP contribution is 2.44. The summed E-state index contributed by atoms with van der Waals surface area (Å²) in [5.74, 6) is -0.236.